The summed E-state index contributed by atoms with van der Waals surface area (Å²) in [5.74, 6) is 1.47. The standard InChI is InChI=1S/C23H37N7/c1-19(2)22(29-11-6-4-5-7-12-29)15-27-23(24-3)26-14-20-9-8-10-21(13-20)16-30-18-25-17-28-30/h8-10,13,17-19,22H,4-7,11-12,14-16H2,1-3H3,(H2,24,26,27). The third kappa shape index (κ3) is 6.83. The zero-order valence-electron chi connectivity index (χ0n) is 18.7. The van der Waals surface area contributed by atoms with Crippen molar-refractivity contribution in [3.8, 4) is 0 Å². The number of benzene rings is 1. The molecule has 1 atom stereocenters. The first-order valence-corrected chi connectivity index (χ1v) is 11.2. The van der Waals surface area contributed by atoms with E-state index in [0.717, 1.165) is 25.6 Å². The number of nitrogens with one attached hydrogen (secondary N) is 2. The minimum Gasteiger partial charge on any atom is -0.355 e. The molecule has 2 N–H and O–H groups in total. The molecule has 0 aliphatic carbocycles. The van der Waals surface area contributed by atoms with Crippen LogP contribution in [0, 0.1) is 5.92 Å². The van der Waals surface area contributed by atoms with Gasteiger partial charge >= 0.3 is 0 Å². The Labute approximate surface area is 181 Å². The van der Waals surface area contributed by atoms with Crippen LogP contribution < -0.4 is 10.6 Å². The van der Waals surface area contributed by atoms with Crippen LogP contribution in [-0.4, -0.2) is 58.3 Å². The van der Waals surface area contributed by atoms with Gasteiger partial charge in [0.1, 0.15) is 12.7 Å². The van der Waals surface area contributed by atoms with Crippen molar-refractivity contribution in [2.24, 2.45) is 10.9 Å². The van der Waals surface area contributed by atoms with Crippen LogP contribution in [0.2, 0.25) is 0 Å². The highest BCUT2D eigenvalue weighted by Crippen LogP contribution is 2.17. The van der Waals surface area contributed by atoms with Crippen LogP contribution in [0.4, 0.5) is 0 Å². The largest absolute Gasteiger partial charge is 0.355 e. The summed E-state index contributed by atoms with van der Waals surface area (Å²) >= 11 is 0. The van der Waals surface area contributed by atoms with Gasteiger partial charge in [-0.15, -0.1) is 0 Å². The molecule has 0 bridgehead atoms. The van der Waals surface area contributed by atoms with Crippen molar-refractivity contribution < 1.29 is 0 Å². The first-order valence-electron chi connectivity index (χ1n) is 11.2. The van der Waals surface area contributed by atoms with E-state index >= 15 is 0 Å². The van der Waals surface area contributed by atoms with Crippen LogP contribution in [0.5, 0.6) is 0 Å². The number of guanidine groups is 1. The first kappa shape index (κ1) is 22.3. The van der Waals surface area contributed by atoms with E-state index in [-0.39, 0.29) is 0 Å². The van der Waals surface area contributed by atoms with Gasteiger partial charge in [0, 0.05) is 26.2 Å². The average molecular weight is 412 g/mol. The van der Waals surface area contributed by atoms with E-state index in [1.807, 2.05) is 11.7 Å². The third-order valence-electron chi connectivity index (χ3n) is 5.84. The molecule has 1 saturated heterocycles. The number of likely N-dealkylation sites (tertiary alicyclic amines) is 1. The highest BCUT2D eigenvalue weighted by Gasteiger charge is 2.22. The highest BCUT2D eigenvalue weighted by molar-refractivity contribution is 5.79. The van der Waals surface area contributed by atoms with Crippen LogP contribution in [0.3, 0.4) is 0 Å². The lowest BCUT2D eigenvalue weighted by atomic mass is 10.0. The van der Waals surface area contributed by atoms with Crippen molar-refractivity contribution >= 4 is 5.96 Å². The minimum atomic E-state index is 0.535. The normalized spacial score (nSPS) is 17.0. The lowest BCUT2D eigenvalue weighted by molar-refractivity contribution is 0.161. The van der Waals surface area contributed by atoms with E-state index in [1.165, 1.54) is 49.9 Å². The molecule has 7 nitrogen and oxygen atoms in total. The van der Waals surface area contributed by atoms with Gasteiger partial charge in [-0.2, -0.15) is 5.10 Å². The fourth-order valence-corrected chi connectivity index (χ4v) is 4.16. The van der Waals surface area contributed by atoms with Gasteiger partial charge in [-0.3, -0.25) is 9.89 Å². The Kier molecular flexibility index (Phi) is 8.68. The van der Waals surface area contributed by atoms with Crippen molar-refractivity contribution in [2.75, 3.05) is 26.7 Å². The van der Waals surface area contributed by atoms with Gasteiger partial charge in [-0.05, 0) is 43.0 Å². The summed E-state index contributed by atoms with van der Waals surface area (Å²) in [5.41, 5.74) is 2.44. The van der Waals surface area contributed by atoms with Crippen LogP contribution in [0.15, 0.2) is 41.9 Å². The SMILES string of the molecule is CN=C(NCc1cccc(Cn2cncn2)c1)NCC(C(C)C)N1CCCCCC1. The molecule has 7 heteroatoms. The second-order valence-electron chi connectivity index (χ2n) is 8.48. The Hall–Kier alpha value is -2.41. The smallest absolute Gasteiger partial charge is 0.191 e. The van der Waals surface area contributed by atoms with Gasteiger partial charge in [0.2, 0.25) is 0 Å². The molecule has 0 amide bonds. The average Bonchev–Trinajstić information content (AvgIpc) is 3.10. The molecule has 1 aliphatic rings. The predicted molar refractivity (Wildman–Crippen MR) is 122 cm³/mol. The van der Waals surface area contributed by atoms with Crippen molar-refractivity contribution in [1.29, 1.82) is 0 Å². The summed E-state index contributed by atoms with van der Waals surface area (Å²) in [5, 5.41) is 11.2. The Morgan fingerprint density at radius 1 is 1.10 bits per heavy atom. The Bertz CT molecular complexity index is 762. The molecule has 0 radical (unpaired) electrons. The van der Waals surface area contributed by atoms with Crippen molar-refractivity contribution in [3.63, 3.8) is 0 Å². The fourth-order valence-electron chi connectivity index (χ4n) is 4.16. The quantitative estimate of drug-likeness (QED) is 0.516. The number of hydrogen-bond acceptors (Lipinski definition) is 4. The number of aliphatic imine (C=N–C) groups is 1. The number of aromatic nitrogens is 3. The van der Waals surface area contributed by atoms with Gasteiger partial charge < -0.3 is 10.6 Å². The van der Waals surface area contributed by atoms with E-state index in [2.05, 4.69) is 68.7 Å². The number of hydrogen-bond donors (Lipinski definition) is 2. The predicted octanol–water partition coefficient (Wildman–Crippen LogP) is 2.89. The maximum Gasteiger partial charge on any atom is 0.191 e. The van der Waals surface area contributed by atoms with Crippen molar-refractivity contribution in [2.45, 2.75) is 58.7 Å². The molecule has 1 aromatic heterocycles. The Balaban J connectivity index is 1.51. The molecular weight excluding hydrogens is 374 g/mol. The molecular formula is C23H37N7. The summed E-state index contributed by atoms with van der Waals surface area (Å²) in [6.45, 7) is 9.48. The molecule has 1 aromatic carbocycles. The fraction of sp³-hybridized carbons (Fsp3) is 0.609. The topological polar surface area (TPSA) is 70.4 Å². The zero-order valence-corrected chi connectivity index (χ0v) is 18.7. The first-order chi connectivity index (χ1) is 14.7. The van der Waals surface area contributed by atoms with Gasteiger partial charge in [-0.25, -0.2) is 9.67 Å². The number of nitrogens with zero attached hydrogens (tertiary/aromatic N) is 5. The van der Waals surface area contributed by atoms with E-state index in [4.69, 9.17) is 0 Å². The van der Waals surface area contributed by atoms with Gasteiger partial charge in [0.05, 0.1) is 6.54 Å². The van der Waals surface area contributed by atoms with Gasteiger partial charge in [0.25, 0.3) is 0 Å². The van der Waals surface area contributed by atoms with E-state index in [0.29, 0.717) is 12.0 Å². The van der Waals surface area contributed by atoms with Crippen molar-refractivity contribution in [3.05, 3.63) is 48.0 Å². The molecule has 1 aliphatic heterocycles. The molecule has 1 fully saturated rings. The van der Waals surface area contributed by atoms with Crippen LogP contribution in [0.25, 0.3) is 0 Å². The molecule has 30 heavy (non-hydrogen) atoms. The molecule has 2 heterocycles. The summed E-state index contributed by atoms with van der Waals surface area (Å²) in [6, 6.07) is 9.09. The number of rotatable bonds is 8. The molecule has 2 aromatic rings. The summed E-state index contributed by atoms with van der Waals surface area (Å²) in [4.78, 5) is 11.1. The zero-order chi connectivity index (χ0) is 21.2. The summed E-state index contributed by atoms with van der Waals surface area (Å²) in [7, 11) is 1.84. The summed E-state index contributed by atoms with van der Waals surface area (Å²) < 4.78 is 1.84. The minimum absolute atomic E-state index is 0.535. The third-order valence-corrected chi connectivity index (χ3v) is 5.84. The van der Waals surface area contributed by atoms with E-state index < -0.39 is 0 Å². The molecule has 0 spiro atoms. The second kappa shape index (κ2) is 11.7. The van der Waals surface area contributed by atoms with Gasteiger partial charge in [0.15, 0.2) is 5.96 Å². The van der Waals surface area contributed by atoms with Crippen LogP contribution >= 0.6 is 0 Å². The Morgan fingerprint density at radius 2 is 1.87 bits per heavy atom. The Morgan fingerprint density at radius 3 is 2.53 bits per heavy atom. The molecule has 1 unspecified atom stereocenters. The maximum absolute atomic E-state index is 4.43. The molecule has 164 valence electrons. The van der Waals surface area contributed by atoms with Gasteiger partial charge in [-0.1, -0.05) is 51.0 Å². The molecule has 0 saturated carbocycles. The highest BCUT2D eigenvalue weighted by atomic mass is 15.3. The second-order valence-corrected chi connectivity index (χ2v) is 8.48. The van der Waals surface area contributed by atoms with Crippen LogP contribution in [-0.2, 0) is 13.1 Å². The van der Waals surface area contributed by atoms with Crippen LogP contribution in [0.1, 0.15) is 50.7 Å². The molecule has 3 rings (SSSR count). The van der Waals surface area contributed by atoms with E-state index in [9.17, 15) is 0 Å². The van der Waals surface area contributed by atoms with E-state index in [1.54, 1.807) is 12.7 Å². The lowest BCUT2D eigenvalue weighted by Gasteiger charge is -2.34. The summed E-state index contributed by atoms with van der Waals surface area (Å²) in [6.07, 6.45) is 8.69. The van der Waals surface area contributed by atoms with Crippen molar-refractivity contribution in [1.82, 2.24) is 30.3 Å². The maximum atomic E-state index is 4.43. The lowest BCUT2D eigenvalue weighted by Crippen LogP contribution is -2.49. The monoisotopic (exact) mass is 411 g/mol.